The molecule has 2 aliphatic heterocycles. The van der Waals surface area contributed by atoms with Gasteiger partial charge >= 0.3 is 0 Å². The van der Waals surface area contributed by atoms with E-state index >= 15 is 0 Å². The van der Waals surface area contributed by atoms with E-state index in [4.69, 9.17) is 9.73 Å². The molecule has 0 saturated carbocycles. The third-order valence-corrected chi connectivity index (χ3v) is 4.87. The number of aromatic hydroxyl groups is 1. The van der Waals surface area contributed by atoms with Crippen LogP contribution in [0.15, 0.2) is 29.3 Å². The zero-order valence-electron chi connectivity index (χ0n) is 15.2. The third kappa shape index (κ3) is 4.78. The summed E-state index contributed by atoms with van der Waals surface area (Å²) >= 11 is 0. The predicted octanol–water partition coefficient (Wildman–Crippen LogP) is 2.05. The number of hydrogen-bond donors (Lipinski definition) is 2. The topological polar surface area (TPSA) is 60.3 Å². The van der Waals surface area contributed by atoms with Crippen molar-refractivity contribution in [1.29, 1.82) is 0 Å². The van der Waals surface area contributed by atoms with Gasteiger partial charge in [0, 0.05) is 45.9 Å². The first-order chi connectivity index (χ1) is 12.3. The van der Waals surface area contributed by atoms with Gasteiger partial charge in [-0.2, -0.15) is 0 Å². The minimum Gasteiger partial charge on any atom is -0.506 e. The molecule has 1 aromatic rings. The molecule has 25 heavy (non-hydrogen) atoms. The van der Waals surface area contributed by atoms with Crippen LogP contribution in [-0.2, 0) is 4.74 Å². The van der Waals surface area contributed by atoms with Crippen LogP contribution in [0.3, 0.4) is 0 Å². The van der Waals surface area contributed by atoms with Crippen molar-refractivity contribution >= 4 is 11.6 Å². The van der Waals surface area contributed by atoms with Gasteiger partial charge in [-0.25, -0.2) is 0 Å². The number of para-hydroxylation sites is 2. The Morgan fingerprint density at radius 2 is 2.08 bits per heavy atom. The van der Waals surface area contributed by atoms with Gasteiger partial charge in [-0.05, 0) is 38.3 Å². The number of hydrogen-bond acceptors (Lipinski definition) is 4. The summed E-state index contributed by atoms with van der Waals surface area (Å²) in [7, 11) is 0. The number of aliphatic imine (C=N–C) groups is 1. The Morgan fingerprint density at radius 3 is 2.76 bits per heavy atom. The first-order valence-corrected chi connectivity index (χ1v) is 9.45. The van der Waals surface area contributed by atoms with Crippen molar-refractivity contribution in [2.45, 2.75) is 32.3 Å². The molecule has 138 valence electrons. The van der Waals surface area contributed by atoms with Gasteiger partial charge in [0.05, 0.1) is 11.8 Å². The van der Waals surface area contributed by atoms with Gasteiger partial charge in [0.25, 0.3) is 0 Å². The number of anilines is 1. The number of phenols is 1. The summed E-state index contributed by atoms with van der Waals surface area (Å²) in [6.07, 6.45) is 3.75. The number of nitrogens with one attached hydrogen (secondary N) is 1. The molecule has 6 nitrogen and oxygen atoms in total. The van der Waals surface area contributed by atoms with Crippen LogP contribution in [0.4, 0.5) is 5.69 Å². The van der Waals surface area contributed by atoms with E-state index < -0.39 is 0 Å². The molecule has 0 aliphatic carbocycles. The molecule has 2 saturated heterocycles. The van der Waals surface area contributed by atoms with Gasteiger partial charge in [0.1, 0.15) is 5.75 Å². The summed E-state index contributed by atoms with van der Waals surface area (Å²) in [4.78, 5) is 9.35. The second kappa shape index (κ2) is 8.94. The van der Waals surface area contributed by atoms with Gasteiger partial charge in [-0.3, -0.25) is 4.99 Å². The smallest absolute Gasteiger partial charge is 0.194 e. The van der Waals surface area contributed by atoms with E-state index in [1.54, 1.807) is 6.07 Å². The second-order valence-corrected chi connectivity index (χ2v) is 6.62. The Kier molecular flexibility index (Phi) is 6.39. The number of ether oxygens (including phenoxy) is 1. The van der Waals surface area contributed by atoms with Crippen molar-refractivity contribution in [3.8, 4) is 5.75 Å². The normalized spacial score (nSPS) is 21.6. The summed E-state index contributed by atoms with van der Waals surface area (Å²) in [5.74, 6) is 1.35. The van der Waals surface area contributed by atoms with Crippen LogP contribution in [0.5, 0.6) is 5.75 Å². The first-order valence-electron chi connectivity index (χ1n) is 9.45. The zero-order chi connectivity index (χ0) is 17.5. The van der Waals surface area contributed by atoms with Crippen molar-refractivity contribution in [2.24, 2.45) is 4.99 Å². The number of guanidine groups is 1. The summed E-state index contributed by atoms with van der Waals surface area (Å²) < 4.78 is 5.68. The maximum Gasteiger partial charge on any atom is 0.194 e. The Balaban J connectivity index is 1.53. The lowest BCUT2D eigenvalue weighted by Crippen LogP contribution is -2.52. The Hall–Kier alpha value is -1.95. The molecule has 0 aromatic heterocycles. The molecular formula is C19H30N4O2. The van der Waals surface area contributed by atoms with Gasteiger partial charge in [-0.1, -0.05) is 12.1 Å². The molecule has 1 aromatic carbocycles. The number of nitrogens with zero attached hydrogens (tertiary/aromatic N) is 3. The standard InChI is InChI=1S/C19H30N4O2/c1-2-20-19(21-10-9-16-6-5-15-25-16)23-13-11-22(12-14-23)17-7-3-4-8-18(17)24/h3-4,7-8,16,24H,2,5-6,9-15H2,1H3,(H,20,21). The van der Waals surface area contributed by atoms with Gasteiger partial charge in [0.15, 0.2) is 5.96 Å². The number of piperazine rings is 1. The fourth-order valence-corrected chi connectivity index (χ4v) is 3.50. The highest BCUT2D eigenvalue weighted by Crippen LogP contribution is 2.27. The van der Waals surface area contributed by atoms with Crippen LogP contribution in [0, 0.1) is 0 Å². The molecule has 2 heterocycles. The highest BCUT2D eigenvalue weighted by Gasteiger charge is 2.21. The molecule has 6 heteroatoms. The average Bonchev–Trinajstić information content (AvgIpc) is 3.15. The third-order valence-electron chi connectivity index (χ3n) is 4.87. The van der Waals surface area contributed by atoms with Crippen LogP contribution >= 0.6 is 0 Å². The summed E-state index contributed by atoms with van der Waals surface area (Å²) in [5, 5.41) is 13.4. The van der Waals surface area contributed by atoms with Crippen molar-refractivity contribution in [3.63, 3.8) is 0 Å². The minimum atomic E-state index is 0.355. The molecule has 2 fully saturated rings. The Labute approximate surface area is 150 Å². The van der Waals surface area contributed by atoms with E-state index in [1.165, 1.54) is 12.8 Å². The van der Waals surface area contributed by atoms with Crippen LogP contribution in [-0.4, -0.2) is 67.9 Å². The van der Waals surface area contributed by atoms with Crippen LogP contribution < -0.4 is 10.2 Å². The molecule has 1 unspecified atom stereocenters. The van der Waals surface area contributed by atoms with Crippen LogP contribution in [0.2, 0.25) is 0 Å². The maximum atomic E-state index is 10.0. The highest BCUT2D eigenvalue weighted by molar-refractivity contribution is 5.80. The lowest BCUT2D eigenvalue weighted by molar-refractivity contribution is 0.106. The monoisotopic (exact) mass is 346 g/mol. The molecular weight excluding hydrogens is 316 g/mol. The predicted molar refractivity (Wildman–Crippen MR) is 101 cm³/mol. The molecule has 2 aliphatic rings. The van der Waals surface area contributed by atoms with E-state index in [1.807, 2.05) is 18.2 Å². The van der Waals surface area contributed by atoms with Gasteiger partial charge in [0.2, 0.25) is 0 Å². The fourth-order valence-electron chi connectivity index (χ4n) is 3.50. The number of phenolic OH excluding ortho intramolecular Hbond substituents is 1. The van der Waals surface area contributed by atoms with Crippen LogP contribution in [0.1, 0.15) is 26.2 Å². The number of benzene rings is 1. The van der Waals surface area contributed by atoms with E-state index in [0.29, 0.717) is 11.9 Å². The number of rotatable bonds is 5. The molecule has 0 radical (unpaired) electrons. The molecule has 0 bridgehead atoms. The largest absolute Gasteiger partial charge is 0.506 e. The average molecular weight is 346 g/mol. The van der Waals surface area contributed by atoms with Gasteiger partial charge in [-0.15, -0.1) is 0 Å². The zero-order valence-corrected chi connectivity index (χ0v) is 15.2. The second-order valence-electron chi connectivity index (χ2n) is 6.62. The van der Waals surface area contributed by atoms with E-state index in [-0.39, 0.29) is 0 Å². The summed E-state index contributed by atoms with van der Waals surface area (Å²) in [6.45, 7) is 8.27. The lowest BCUT2D eigenvalue weighted by atomic mass is 10.2. The fraction of sp³-hybridized carbons (Fsp3) is 0.632. The van der Waals surface area contributed by atoms with Crippen molar-refractivity contribution in [3.05, 3.63) is 24.3 Å². The molecule has 1 atom stereocenters. The van der Waals surface area contributed by atoms with E-state index in [0.717, 1.165) is 63.9 Å². The van der Waals surface area contributed by atoms with Crippen molar-refractivity contribution < 1.29 is 9.84 Å². The minimum absolute atomic E-state index is 0.355. The van der Waals surface area contributed by atoms with E-state index in [2.05, 4.69) is 22.0 Å². The van der Waals surface area contributed by atoms with Crippen molar-refractivity contribution in [2.75, 3.05) is 50.8 Å². The van der Waals surface area contributed by atoms with Crippen LogP contribution in [0.25, 0.3) is 0 Å². The summed E-state index contributed by atoms with van der Waals surface area (Å²) in [6, 6.07) is 7.56. The molecule has 0 spiro atoms. The van der Waals surface area contributed by atoms with Crippen molar-refractivity contribution in [1.82, 2.24) is 10.2 Å². The quantitative estimate of drug-likeness (QED) is 0.631. The van der Waals surface area contributed by atoms with Gasteiger partial charge < -0.3 is 25.0 Å². The SMILES string of the molecule is CCNC(=NCCC1CCCO1)N1CCN(c2ccccc2O)CC1. The lowest BCUT2D eigenvalue weighted by Gasteiger charge is -2.37. The Bertz CT molecular complexity index is 564. The maximum absolute atomic E-state index is 10.0. The molecule has 3 rings (SSSR count). The van der Waals surface area contributed by atoms with E-state index in [9.17, 15) is 5.11 Å². The Morgan fingerprint density at radius 1 is 1.28 bits per heavy atom. The molecule has 2 N–H and O–H groups in total. The first kappa shape index (κ1) is 17.9. The highest BCUT2D eigenvalue weighted by atomic mass is 16.5. The molecule has 0 amide bonds. The summed E-state index contributed by atoms with van der Waals surface area (Å²) in [5.41, 5.74) is 0.919.